The first kappa shape index (κ1) is 20.1. The molecule has 1 atom stereocenters. The molecular weight excluding hydrogens is 378 g/mol. The molecule has 0 aromatic heterocycles. The van der Waals surface area contributed by atoms with Gasteiger partial charge in [-0.25, -0.2) is 4.79 Å². The van der Waals surface area contributed by atoms with Crippen molar-refractivity contribution < 1.29 is 14.4 Å². The Labute approximate surface area is 176 Å². The maximum Gasteiger partial charge on any atom is 0.325 e. The predicted molar refractivity (Wildman–Crippen MR) is 116 cm³/mol. The average Bonchev–Trinajstić information content (AvgIpc) is 2.98. The van der Waals surface area contributed by atoms with Gasteiger partial charge < -0.3 is 10.6 Å². The summed E-state index contributed by atoms with van der Waals surface area (Å²) in [5.74, 6) is -0.730. The van der Waals surface area contributed by atoms with Crippen LogP contribution in [0.5, 0.6) is 0 Å². The van der Waals surface area contributed by atoms with E-state index in [1.54, 1.807) is 6.92 Å². The zero-order valence-corrected chi connectivity index (χ0v) is 17.2. The lowest BCUT2D eigenvalue weighted by Crippen LogP contribution is -2.43. The number of hydrogen-bond donors (Lipinski definition) is 2. The fraction of sp³-hybridized carbons (Fsp3) is 0.375. The number of hydrogen-bond acceptors (Lipinski definition) is 3. The van der Waals surface area contributed by atoms with Crippen LogP contribution in [0.3, 0.4) is 0 Å². The van der Waals surface area contributed by atoms with Gasteiger partial charge in [0.2, 0.25) is 5.91 Å². The highest BCUT2D eigenvalue weighted by atomic mass is 16.2. The summed E-state index contributed by atoms with van der Waals surface area (Å²) in [7, 11) is 0. The normalized spacial score (nSPS) is 21.5. The summed E-state index contributed by atoms with van der Waals surface area (Å²) in [5.41, 5.74) is 0.900. The van der Waals surface area contributed by atoms with Crippen LogP contribution in [0.1, 0.15) is 44.6 Å². The van der Waals surface area contributed by atoms with E-state index in [2.05, 4.69) is 16.7 Å². The Morgan fingerprint density at radius 3 is 2.73 bits per heavy atom. The lowest BCUT2D eigenvalue weighted by molar-refractivity contribution is -0.134. The zero-order valence-electron chi connectivity index (χ0n) is 17.2. The molecule has 0 saturated carbocycles. The molecule has 6 nitrogen and oxygen atoms in total. The summed E-state index contributed by atoms with van der Waals surface area (Å²) in [6, 6.07) is 12.9. The lowest BCUT2D eigenvalue weighted by Gasteiger charge is -2.24. The molecule has 1 saturated heterocycles. The monoisotopic (exact) mass is 405 g/mol. The van der Waals surface area contributed by atoms with Crippen LogP contribution in [-0.2, 0) is 15.1 Å². The number of rotatable bonds is 6. The van der Waals surface area contributed by atoms with Crippen molar-refractivity contribution in [3.05, 3.63) is 59.7 Å². The third-order valence-electron chi connectivity index (χ3n) is 6.06. The highest BCUT2D eigenvalue weighted by molar-refractivity contribution is 6.10. The van der Waals surface area contributed by atoms with E-state index in [9.17, 15) is 14.4 Å². The van der Waals surface area contributed by atoms with Gasteiger partial charge in [-0.05, 0) is 55.4 Å². The first-order valence-electron chi connectivity index (χ1n) is 10.6. The summed E-state index contributed by atoms with van der Waals surface area (Å²) in [5, 5.41) is 7.54. The van der Waals surface area contributed by atoms with E-state index in [1.165, 1.54) is 18.4 Å². The number of fused-ring (bicyclic) bond motifs is 1. The Bertz CT molecular complexity index is 1020. The second-order valence-electron chi connectivity index (χ2n) is 8.18. The van der Waals surface area contributed by atoms with Crippen LogP contribution in [0.15, 0.2) is 54.1 Å². The van der Waals surface area contributed by atoms with E-state index in [4.69, 9.17) is 0 Å². The number of nitrogens with zero attached hydrogens (tertiary/aromatic N) is 1. The van der Waals surface area contributed by atoms with Gasteiger partial charge in [0.25, 0.3) is 5.91 Å². The number of imide groups is 1. The maximum atomic E-state index is 13.2. The smallest absolute Gasteiger partial charge is 0.325 e. The van der Waals surface area contributed by atoms with Gasteiger partial charge in [-0.2, -0.15) is 0 Å². The Morgan fingerprint density at radius 1 is 1.13 bits per heavy atom. The zero-order chi connectivity index (χ0) is 21.1. The first-order chi connectivity index (χ1) is 14.5. The van der Waals surface area contributed by atoms with E-state index in [0.29, 0.717) is 6.54 Å². The number of benzene rings is 2. The Balaban J connectivity index is 1.44. The Hall–Kier alpha value is -3.15. The van der Waals surface area contributed by atoms with Crippen molar-refractivity contribution in [1.82, 2.24) is 15.5 Å². The van der Waals surface area contributed by atoms with Crippen molar-refractivity contribution >= 4 is 28.6 Å². The second-order valence-corrected chi connectivity index (χ2v) is 8.18. The molecule has 1 aliphatic carbocycles. The minimum atomic E-state index is -1.20. The van der Waals surface area contributed by atoms with Crippen molar-refractivity contribution in [1.29, 1.82) is 0 Å². The molecule has 30 heavy (non-hydrogen) atoms. The molecule has 1 fully saturated rings. The first-order valence-corrected chi connectivity index (χ1v) is 10.6. The summed E-state index contributed by atoms with van der Waals surface area (Å²) >= 11 is 0. The number of nitrogens with one attached hydrogen (secondary N) is 2. The SMILES string of the molecule is C[C@@]1(c2cccc3ccccc23)NC(=O)N(CC(=O)NCCC2=CCCCC2)C1=O. The van der Waals surface area contributed by atoms with E-state index in [-0.39, 0.29) is 12.5 Å². The van der Waals surface area contributed by atoms with Crippen molar-refractivity contribution in [2.75, 3.05) is 13.1 Å². The molecule has 0 bridgehead atoms. The van der Waals surface area contributed by atoms with E-state index in [0.717, 1.165) is 40.5 Å². The standard InChI is InChI=1S/C24H27N3O3/c1-24(20-13-7-11-18-10-5-6-12-19(18)20)22(29)27(23(30)26-24)16-21(28)25-15-14-17-8-3-2-4-9-17/h5-8,10-13H,2-4,9,14-16H2,1H3,(H,25,28)(H,26,30)/t24-/m0/s1. The summed E-state index contributed by atoms with van der Waals surface area (Å²) in [6.45, 7) is 1.95. The van der Waals surface area contributed by atoms with Gasteiger partial charge in [0.15, 0.2) is 0 Å². The number of urea groups is 1. The maximum absolute atomic E-state index is 13.2. The van der Waals surface area contributed by atoms with Crippen LogP contribution in [-0.4, -0.2) is 35.8 Å². The summed E-state index contributed by atoms with van der Waals surface area (Å²) in [6.07, 6.45) is 7.71. The van der Waals surface area contributed by atoms with Crippen LogP contribution in [0.25, 0.3) is 10.8 Å². The number of carbonyl (C=O) groups excluding carboxylic acids is 3. The molecule has 0 radical (unpaired) electrons. The Morgan fingerprint density at radius 2 is 1.93 bits per heavy atom. The van der Waals surface area contributed by atoms with Crippen LogP contribution in [0.2, 0.25) is 0 Å². The van der Waals surface area contributed by atoms with Crippen molar-refractivity contribution in [2.45, 2.75) is 44.6 Å². The molecule has 1 aliphatic heterocycles. The quantitative estimate of drug-likeness (QED) is 0.569. The van der Waals surface area contributed by atoms with Gasteiger partial charge >= 0.3 is 6.03 Å². The van der Waals surface area contributed by atoms with Crippen LogP contribution in [0, 0.1) is 0 Å². The lowest BCUT2D eigenvalue weighted by atomic mass is 9.88. The highest BCUT2D eigenvalue weighted by Gasteiger charge is 2.50. The predicted octanol–water partition coefficient (Wildman–Crippen LogP) is 3.61. The molecule has 2 N–H and O–H groups in total. The molecule has 2 aliphatic rings. The molecular formula is C24H27N3O3. The number of allylic oxidation sites excluding steroid dienone is 1. The minimum absolute atomic E-state index is 0.274. The molecule has 0 unspecified atom stereocenters. The van der Waals surface area contributed by atoms with Crippen molar-refractivity contribution in [3.63, 3.8) is 0 Å². The van der Waals surface area contributed by atoms with E-state index >= 15 is 0 Å². The van der Waals surface area contributed by atoms with Crippen molar-refractivity contribution in [2.24, 2.45) is 0 Å². The molecule has 0 spiro atoms. The van der Waals surface area contributed by atoms with Crippen molar-refractivity contribution in [3.8, 4) is 0 Å². The minimum Gasteiger partial charge on any atom is -0.354 e. The molecule has 2 aromatic rings. The number of carbonyl (C=O) groups is 3. The van der Waals surface area contributed by atoms with E-state index in [1.807, 2.05) is 42.5 Å². The highest BCUT2D eigenvalue weighted by Crippen LogP contribution is 2.33. The summed E-state index contributed by atoms with van der Waals surface area (Å²) in [4.78, 5) is 39.2. The third-order valence-corrected chi connectivity index (χ3v) is 6.06. The molecule has 1 heterocycles. The van der Waals surface area contributed by atoms with Crippen LogP contribution >= 0.6 is 0 Å². The molecule has 156 valence electrons. The summed E-state index contributed by atoms with van der Waals surface area (Å²) < 4.78 is 0. The molecule has 4 amide bonds. The fourth-order valence-corrected chi connectivity index (χ4v) is 4.38. The van der Waals surface area contributed by atoms with Gasteiger partial charge in [-0.3, -0.25) is 14.5 Å². The van der Waals surface area contributed by atoms with Crippen LogP contribution < -0.4 is 10.6 Å². The number of amides is 4. The average molecular weight is 405 g/mol. The van der Waals surface area contributed by atoms with Gasteiger partial charge in [-0.1, -0.05) is 54.1 Å². The molecule has 6 heteroatoms. The van der Waals surface area contributed by atoms with Gasteiger partial charge in [0, 0.05) is 6.54 Å². The largest absolute Gasteiger partial charge is 0.354 e. The Kier molecular flexibility index (Phi) is 5.57. The van der Waals surface area contributed by atoms with Gasteiger partial charge in [0.1, 0.15) is 12.1 Å². The molecule has 4 rings (SSSR count). The molecule has 2 aromatic carbocycles. The van der Waals surface area contributed by atoms with Gasteiger partial charge in [-0.15, -0.1) is 0 Å². The topological polar surface area (TPSA) is 78.5 Å². The fourth-order valence-electron chi connectivity index (χ4n) is 4.38. The second kappa shape index (κ2) is 8.30. The van der Waals surface area contributed by atoms with Crippen LogP contribution in [0.4, 0.5) is 4.79 Å². The van der Waals surface area contributed by atoms with E-state index < -0.39 is 17.5 Å². The third kappa shape index (κ3) is 3.82. The van der Waals surface area contributed by atoms with Gasteiger partial charge in [0.05, 0.1) is 0 Å².